The SMILES string of the molecule is Cc1cc(Cl)c(Nc2cc(F)ncn2)cc1Cl. The Kier molecular flexibility index (Phi) is 3.45. The maximum Gasteiger partial charge on any atom is 0.218 e. The van der Waals surface area contributed by atoms with Gasteiger partial charge in [0.15, 0.2) is 0 Å². The number of benzene rings is 1. The van der Waals surface area contributed by atoms with E-state index >= 15 is 0 Å². The fourth-order valence-corrected chi connectivity index (χ4v) is 1.71. The molecule has 1 aromatic carbocycles. The van der Waals surface area contributed by atoms with Gasteiger partial charge in [-0.3, -0.25) is 0 Å². The molecule has 1 aromatic heterocycles. The molecule has 0 radical (unpaired) electrons. The van der Waals surface area contributed by atoms with Crippen molar-refractivity contribution in [2.75, 3.05) is 5.32 Å². The van der Waals surface area contributed by atoms with Crippen LogP contribution < -0.4 is 5.32 Å². The minimum atomic E-state index is -0.614. The smallest absolute Gasteiger partial charge is 0.218 e. The normalized spacial score (nSPS) is 10.4. The lowest BCUT2D eigenvalue weighted by molar-refractivity contribution is 0.580. The zero-order valence-corrected chi connectivity index (χ0v) is 10.3. The predicted octanol–water partition coefficient (Wildman–Crippen LogP) is 3.97. The lowest BCUT2D eigenvalue weighted by Gasteiger charge is -2.09. The zero-order valence-electron chi connectivity index (χ0n) is 8.84. The number of hydrogen-bond donors (Lipinski definition) is 1. The monoisotopic (exact) mass is 271 g/mol. The van der Waals surface area contributed by atoms with Crippen molar-refractivity contribution in [3.63, 3.8) is 0 Å². The van der Waals surface area contributed by atoms with Gasteiger partial charge in [-0.15, -0.1) is 0 Å². The molecule has 0 saturated carbocycles. The lowest BCUT2D eigenvalue weighted by atomic mass is 10.2. The molecule has 1 N–H and O–H groups in total. The van der Waals surface area contributed by atoms with Gasteiger partial charge in [-0.2, -0.15) is 4.39 Å². The topological polar surface area (TPSA) is 37.8 Å². The third kappa shape index (κ3) is 2.84. The van der Waals surface area contributed by atoms with Crippen LogP contribution in [-0.4, -0.2) is 9.97 Å². The van der Waals surface area contributed by atoms with E-state index < -0.39 is 5.95 Å². The van der Waals surface area contributed by atoms with Crippen LogP contribution >= 0.6 is 23.2 Å². The van der Waals surface area contributed by atoms with Crippen LogP contribution in [0.1, 0.15) is 5.56 Å². The van der Waals surface area contributed by atoms with Crippen LogP contribution in [0.25, 0.3) is 0 Å². The van der Waals surface area contributed by atoms with Crippen molar-refractivity contribution in [2.45, 2.75) is 6.92 Å². The Morgan fingerprint density at radius 2 is 1.88 bits per heavy atom. The molecule has 6 heteroatoms. The number of aromatic nitrogens is 2. The summed E-state index contributed by atoms with van der Waals surface area (Å²) in [5.74, 6) is -0.295. The van der Waals surface area contributed by atoms with E-state index in [1.54, 1.807) is 12.1 Å². The van der Waals surface area contributed by atoms with Crippen LogP contribution in [0.3, 0.4) is 0 Å². The summed E-state index contributed by atoms with van der Waals surface area (Å²) in [6, 6.07) is 4.56. The van der Waals surface area contributed by atoms with Crippen LogP contribution in [0.5, 0.6) is 0 Å². The first-order valence-corrected chi connectivity index (χ1v) is 5.52. The number of halogens is 3. The fourth-order valence-electron chi connectivity index (χ4n) is 1.28. The Hall–Kier alpha value is -1.39. The van der Waals surface area contributed by atoms with Crippen molar-refractivity contribution in [3.8, 4) is 0 Å². The highest BCUT2D eigenvalue weighted by atomic mass is 35.5. The zero-order chi connectivity index (χ0) is 12.4. The number of aryl methyl sites for hydroxylation is 1. The molecule has 0 atom stereocenters. The average Bonchev–Trinajstić information content (AvgIpc) is 2.26. The highest BCUT2D eigenvalue weighted by Crippen LogP contribution is 2.30. The molecular formula is C11H8Cl2FN3. The average molecular weight is 272 g/mol. The molecule has 0 amide bonds. The number of hydrogen-bond acceptors (Lipinski definition) is 3. The Balaban J connectivity index is 2.33. The molecule has 2 aromatic rings. The molecule has 3 nitrogen and oxygen atoms in total. The summed E-state index contributed by atoms with van der Waals surface area (Å²) >= 11 is 12.0. The molecule has 2 rings (SSSR count). The summed E-state index contributed by atoms with van der Waals surface area (Å²) in [4.78, 5) is 7.22. The summed E-state index contributed by atoms with van der Waals surface area (Å²) in [6.07, 6.45) is 1.13. The minimum absolute atomic E-state index is 0.319. The van der Waals surface area contributed by atoms with E-state index in [1.165, 1.54) is 6.07 Å². The fraction of sp³-hybridized carbons (Fsp3) is 0.0909. The van der Waals surface area contributed by atoms with Crippen molar-refractivity contribution in [1.29, 1.82) is 0 Å². The summed E-state index contributed by atoms with van der Waals surface area (Å²) in [6.45, 7) is 1.85. The lowest BCUT2D eigenvalue weighted by Crippen LogP contribution is -1.96. The summed E-state index contributed by atoms with van der Waals surface area (Å²) < 4.78 is 12.9. The maximum atomic E-state index is 12.9. The molecule has 0 fully saturated rings. The van der Waals surface area contributed by atoms with E-state index in [1.807, 2.05) is 6.92 Å². The van der Waals surface area contributed by atoms with Gasteiger partial charge in [0, 0.05) is 11.1 Å². The van der Waals surface area contributed by atoms with E-state index in [4.69, 9.17) is 23.2 Å². The molecule has 0 spiro atoms. The van der Waals surface area contributed by atoms with Crippen LogP contribution in [0.2, 0.25) is 10.0 Å². The van der Waals surface area contributed by atoms with Gasteiger partial charge >= 0.3 is 0 Å². The third-order valence-corrected chi connectivity index (χ3v) is 2.86. The van der Waals surface area contributed by atoms with E-state index in [2.05, 4.69) is 15.3 Å². The van der Waals surface area contributed by atoms with Gasteiger partial charge in [0.2, 0.25) is 5.95 Å². The van der Waals surface area contributed by atoms with Crippen molar-refractivity contribution in [1.82, 2.24) is 9.97 Å². The van der Waals surface area contributed by atoms with Crippen LogP contribution in [0, 0.1) is 12.9 Å². The molecule has 1 heterocycles. The van der Waals surface area contributed by atoms with E-state index in [0.29, 0.717) is 21.6 Å². The molecule has 17 heavy (non-hydrogen) atoms. The molecule has 0 aliphatic heterocycles. The second-order valence-corrected chi connectivity index (χ2v) is 4.25. The first-order valence-electron chi connectivity index (χ1n) is 4.76. The second-order valence-electron chi connectivity index (χ2n) is 3.43. The van der Waals surface area contributed by atoms with Gasteiger partial charge in [0.05, 0.1) is 10.7 Å². The van der Waals surface area contributed by atoms with Crippen molar-refractivity contribution in [3.05, 3.63) is 46.1 Å². The van der Waals surface area contributed by atoms with Crippen LogP contribution in [-0.2, 0) is 0 Å². The summed E-state index contributed by atoms with van der Waals surface area (Å²) in [5.41, 5.74) is 1.44. The second kappa shape index (κ2) is 4.85. The van der Waals surface area contributed by atoms with E-state index in [0.717, 1.165) is 11.9 Å². The van der Waals surface area contributed by atoms with Gasteiger partial charge in [-0.25, -0.2) is 9.97 Å². The number of nitrogens with zero attached hydrogens (tertiary/aromatic N) is 2. The number of nitrogens with one attached hydrogen (secondary N) is 1. The van der Waals surface area contributed by atoms with Crippen molar-refractivity contribution in [2.24, 2.45) is 0 Å². The molecule has 0 unspecified atom stereocenters. The molecule has 0 bridgehead atoms. The summed E-state index contributed by atoms with van der Waals surface area (Å²) in [5, 5.41) is 3.94. The Morgan fingerprint density at radius 1 is 1.12 bits per heavy atom. The van der Waals surface area contributed by atoms with E-state index in [9.17, 15) is 4.39 Å². The standard InChI is InChI=1S/C11H8Cl2FN3/c1-6-2-8(13)9(3-7(6)12)17-11-4-10(14)15-5-16-11/h2-5H,1H3,(H,15,16,17). The van der Waals surface area contributed by atoms with Crippen LogP contribution in [0.4, 0.5) is 15.9 Å². The first-order chi connectivity index (χ1) is 8.06. The number of anilines is 2. The molecule has 0 saturated heterocycles. The van der Waals surface area contributed by atoms with E-state index in [-0.39, 0.29) is 0 Å². The van der Waals surface area contributed by atoms with Gasteiger partial charge in [0.1, 0.15) is 12.1 Å². The number of rotatable bonds is 2. The Morgan fingerprint density at radius 3 is 2.59 bits per heavy atom. The molecule has 0 aliphatic rings. The maximum absolute atomic E-state index is 12.9. The van der Waals surface area contributed by atoms with Crippen molar-refractivity contribution < 1.29 is 4.39 Å². The molecule has 88 valence electrons. The summed E-state index contributed by atoms with van der Waals surface area (Å²) in [7, 11) is 0. The van der Waals surface area contributed by atoms with Gasteiger partial charge < -0.3 is 5.32 Å². The Labute approximate surface area is 108 Å². The third-order valence-electron chi connectivity index (χ3n) is 2.14. The largest absolute Gasteiger partial charge is 0.339 e. The first kappa shape index (κ1) is 12.1. The van der Waals surface area contributed by atoms with Gasteiger partial charge in [0.25, 0.3) is 0 Å². The quantitative estimate of drug-likeness (QED) is 0.840. The Bertz CT molecular complexity index is 560. The van der Waals surface area contributed by atoms with Crippen LogP contribution in [0.15, 0.2) is 24.5 Å². The molecule has 0 aliphatic carbocycles. The molecular weight excluding hydrogens is 264 g/mol. The highest BCUT2D eigenvalue weighted by molar-refractivity contribution is 6.35. The predicted molar refractivity (Wildman–Crippen MR) is 66.5 cm³/mol. The minimum Gasteiger partial charge on any atom is -0.339 e. The van der Waals surface area contributed by atoms with Crippen molar-refractivity contribution >= 4 is 34.7 Å². The highest BCUT2D eigenvalue weighted by Gasteiger charge is 2.06. The van der Waals surface area contributed by atoms with Gasteiger partial charge in [-0.1, -0.05) is 23.2 Å². The van der Waals surface area contributed by atoms with Gasteiger partial charge in [-0.05, 0) is 24.6 Å².